The average Bonchev–Trinajstić information content (AvgIpc) is 2.98. The number of piperazine rings is 1. The molecule has 0 spiro atoms. The van der Waals surface area contributed by atoms with Crippen LogP contribution < -0.4 is 14.4 Å². The van der Waals surface area contributed by atoms with Crippen molar-refractivity contribution in [1.29, 1.82) is 0 Å². The van der Waals surface area contributed by atoms with E-state index in [1.165, 1.54) is 0 Å². The highest BCUT2D eigenvalue weighted by Crippen LogP contribution is 2.36. The van der Waals surface area contributed by atoms with Gasteiger partial charge in [-0.15, -0.1) is 0 Å². The Morgan fingerprint density at radius 1 is 1.10 bits per heavy atom. The number of benzene rings is 1. The quantitative estimate of drug-likeness (QED) is 0.777. The molecule has 0 radical (unpaired) electrons. The van der Waals surface area contributed by atoms with Gasteiger partial charge in [0.2, 0.25) is 18.6 Å². The summed E-state index contributed by atoms with van der Waals surface area (Å²) in [6.45, 7) is 1.00. The van der Waals surface area contributed by atoms with Crippen molar-refractivity contribution >= 4 is 17.5 Å². The highest BCUT2D eigenvalue weighted by molar-refractivity contribution is 6.06. The molecule has 1 aromatic carbocycles. The average molecular weight is 288 g/mol. The highest BCUT2D eigenvalue weighted by atomic mass is 16.7. The first kappa shape index (κ1) is 12.5. The molecular weight excluding hydrogens is 272 g/mol. The number of rotatable bonds is 1. The number of carbonyl (C=O) groups excluding carboxylic acids is 2. The maximum Gasteiger partial charge on any atom is 0.250 e. The zero-order chi connectivity index (χ0) is 14.4. The molecule has 2 saturated heterocycles. The van der Waals surface area contributed by atoms with Crippen LogP contribution in [-0.2, 0) is 9.59 Å². The van der Waals surface area contributed by atoms with E-state index in [-0.39, 0.29) is 31.2 Å². The number of anilines is 1. The van der Waals surface area contributed by atoms with Gasteiger partial charge in [0.05, 0.1) is 0 Å². The van der Waals surface area contributed by atoms with Crippen LogP contribution in [0.5, 0.6) is 11.5 Å². The second-order valence-corrected chi connectivity index (χ2v) is 5.56. The van der Waals surface area contributed by atoms with Crippen LogP contribution in [0.3, 0.4) is 0 Å². The molecule has 110 valence electrons. The van der Waals surface area contributed by atoms with Crippen LogP contribution in [0.2, 0.25) is 0 Å². The second kappa shape index (κ2) is 4.65. The van der Waals surface area contributed by atoms with E-state index in [9.17, 15) is 9.59 Å². The number of carbonyl (C=O) groups is 2. The smallest absolute Gasteiger partial charge is 0.250 e. The van der Waals surface area contributed by atoms with Crippen LogP contribution in [0.25, 0.3) is 0 Å². The molecule has 3 heterocycles. The monoisotopic (exact) mass is 288 g/mol. The fourth-order valence-electron chi connectivity index (χ4n) is 3.24. The van der Waals surface area contributed by atoms with Crippen molar-refractivity contribution in [3.8, 4) is 11.5 Å². The van der Waals surface area contributed by atoms with E-state index < -0.39 is 0 Å². The van der Waals surface area contributed by atoms with Gasteiger partial charge < -0.3 is 19.3 Å². The number of ether oxygens (including phenoxy) is 2. The molecule has 1 aromatic rings. The summed E-state index contributed by atoms with van der Waals surface area (Å²) in [6, 6.07) is 5.05. The van der Waals surface area contributed by atoms with Gasteiger partial charge in [0.25, 0.3) is 0 Å². The fourth-order valence-corrected chi connectivity index (χ4v) is 3.24. The van der Waals surface area contributed by atoms with Crippen molar-refractivity contribution in [1.82, 2.24) is 4.90 Å². The maximum absolute atomic E-state index is 12.7. The van der Waals surface area contributed by atoms with E-state index >= 15 is 0 Å². The van der Waals surface area contributed by atoms with Gasteiger partial charge in [-0.3, -0.25) is 9.59 Å². The summed E-state index contributed by atoms with van der Waals surface area (Å²) < 4.78 is 10.6. The van der Waals surface area contributed by atoms with Gasteiger partial charge in [-0.2, -0.15) is 0 Å². The second-order valence-electron chi connectivity index (χ2n) is 5.56. The van der Waals surface area contributed by atoms with Crippen molar-refractivity contribution in [2.45, 2.75) is 25.3 Å². The fraction of sp³-hybridized carbons (Fsp3) is 0.467. The third-order valence-electron chi connectivity index (χ3n) is 4.34. The Morgan fingerprint density at radius 3 is 2.86 bits per heavy atom. The molecule has 3 aliphatic heterocycles. The molecule has 6 heteroatoms. The number of amides is 2. The molecule has 2 amide bonds. The van der Waals surface area contributed by atoms with E-state index in [0.29, 0.717) is 23.7 Å². The number of nitrogens with zero attached hydrogens (tertiary/aromatic N) is 2. The number of piperidine rings is 1. The summed E-state index contributed by atoms with van der Waals surface area (Å²) in [7, 11) is 0. The van der Waals surface area contributed by atoms with Crippen molar-refractivity contribution < 1.29 is 19.1 Å². The molecule has 0 N–H and O–H groups in total. The van der Waals surface area contributed by atoms with E-state index in [1.54, 1.807) is 28.0 Å². The third kappa shape index (κ3) is 1.93. The summed E-state index contributed by atoms with van der Waals surface area (Å²) in [5.41, 5.74) is 0.697. The molecular formula is C15H16N2O4. The van der Waals surface area contributed by atoms with Gasteiger partial charge in [0, 0.05) is 18.3 Å². The van der Waals surface area contributed by atoms with Crippen LogP contribution >= 0.6 is 0 Å². The lowest BCUT2D eigenvalue weighted by Gasteiger charge is -2.42. The van der Waals surface area contributed by atoms with Gasteiger partial charge >= 0.3 is 0 Å². The Balaban J connectivity index is 1.65. The minimum absolute atomic E-state index is 0.00756. The van der Waals surface area contributed by atoms with Crippen molar-refractivity contribution in [3.63, 3.8) is 0 Å². The molecule has 0 saturated carbocycles. The number of hydrogen-bond donors (Lipinski definition) is 0. The van der Waals surface area contributed by atoms with Crippen molar-refractivity contribution in [2.24, 2.45) is 0 Å². The van der Waals surface area contributed by atoms with Crippen molar-refractivity contribution in [2.75, 3.05) is 24.8 Å². The number of fused-ring (bicyclic) bond motifs is 2. The summed E-state index contributed by atoms with van der Waals surface area (Å²) in [5.74, 6) is 1.33. The van der Waals surface area contributed by atoms with Crippen LogP contribution in [0.15, 0.2) is 18.2 Å². The lowest BCUT2D eigenvalue weighted by Crippen LogP contribution is -2.61. The predicted octanol–water partition coefficient (Wildman–Crippen LogP) is 1.14. The lowest BCUT2D eigenvalue weighted by atomic mass is 9.98. The Hall–Kier alpha value is -2.24. The first-order chi connectivity index (χ1) is 10.2. The largest absolute Gasteiger partial charge is 0.454 e. The van der Waals surface area contributed by atoms with E-state index in [1.807, 2.05) is 0 Å². The molecule has 1 atom stereocenters. The van der Waals surface area contributed by atoms with E-state index in [4.69, 9.17) is 9.47 Å². The molecule has 0 aliphatic carbocycles. The van der Waals surface area contributed by atoms with Gasteiger partial charge in [0.15, 0.2) is 11.5 Å². The van der Waals surface area contributed by atoms with Gasteiger partial charge in [-0.05, 0) is 31.4 Å². The molecule has 4 rings (SSSR count). The van der Waals surface area contributed by atoms with E-state index in [2.05, 4.69) is 0 Å². The summed E-state index contributed by atoms with van der Waals surface area (Å²) in [6.07, 6.45) is 2.74. The topological polar surface area (TPSA) is 59.1 Å². The molecule has 3 aliphatic rings. The first-order valence-electron chi connectivity index (χ1n) is 7.24. The minimum atomic E-state index is -0.301. The van der Waals surface area contributed by atoms with E-state index in [0.717, 1.165) is 19.3 Å². The summed E-state index contributed by atoms with van der Waals surface area (Å²) >= 11 is 0. The molecule has 2 fully saturated rings. The molecule has 1 unspecified atom stereocenters. The molecule has 6 nitrogen and oxygen atoms in total. The standard InChI is InChI=1S/C15H16N2O4/c18-14-8-17(15(19)11-3-1-2-6-16(11)14)10-4-5-12-13(7-10)21-9-20-12/h4-5,7,11H,1-3,6,8-9H2. The minimum Gasteiger partial charge on any atom is -0.454 e. The van der Waals surface area contributed by atoms with Gasteiger partial charge in [0.1, 0.15) is 12.6 Å². The lowest BCUT2D eigenvalue weighted by molar-refractivity contribution is -0.144. The highest BCUT2D eigenvalue weighted by Gasteiger charge is 2.41. The third-order valence-corrected chi connectivity index (χ3v) is 4.34. The Kier molecular flexibility index (Phi) is 2.77. The molecule has 0 aromatic heterocycles. The van der Waals surface area contributed by atoms with Gasteiger partial charge in [-0.25, -0.2) is 0 Å². The zero-order valence-corrected chi connectivity index (χ0v) is 11.6. The Labute approximate surface area is 122 Å². The first-order valence-corrected chi connectivity index (χ1v) is 7.24. The summed E-state index contributed by atoms with van der Waals surface area (Å²) in [5, 5.41) is 0. The van der Waals surface area contributed by atoms with Gasteiger partial charge in [-0.1, -0.05) is 0 Å². The molecule has 21 heavy (non-hydrogen) atoms. The normalized spacial score (nSPS) is 24.3. The van der Waals surface area contributed by atoms with Crippen LogP contribution in [0.1, 0.15) is 19.3 Å². The SMILES string of the molecule is O=C1C2CCCCN2C(=O)CN1c1ccc2c(c1)OCO2. The van der Waals surface area contributed by atoms with Crippen LogP contribution in [0.4, 0.5) is 5.69 Å². The van der Waals surface area contributed by atoms with Crippen molar-refractivity contribution in [3.05, 3.63) is 18.2 Å². The Morgan fingerprint density at radius 2 is 1.95 bits per heavy atom. The van der Waals surface area contributed by atoms with Crippen LogP contribution in [-0.4, -0.2) is 42.6 Å². The number of hydrogen-bond acceptors (Lipinski definition) is 4. The predicted molar refractivity (Wildman–Crippen MR) is 74.3 cm³/mol. The van der Waals surface area contributed by atoms with Crippen LogP contribution in [0, 0.1) is 0 Å². The zero-order valence-electron chi connectivity index (χ0n) is 11.6. The molecule has 0 bridgehead atoms. The Bertz CT molecular complexity index is 616. The summed E-state index contributed by atoms with van der Waals surface area (Å²) in [4.78, 5) is 28.2. The maximum atomic E-state index is 12.7.